The van der Waals surface area contributed by atoms with Crippen LogP contribution in [-0.4, -0.2) is 27.0 Å². The van der Waals surface area contributed by atoms with Crippen LogP contribution in [0.1, 0.15) is 30.5 Å². The molecule has 0 aromatic heterocycles. The maximum atomic E-state index is 13.9. The van der Waals surface area contributed by atoms with Gasteiger partial charge in [-0.1, -0.05) is 19.1 Å². The van der Waals surface area contributed by atoms with Gasteiger partial charge >= 0.3 is 0 Å². The van der Waals surface area contributed by atoms with E-state index in [0.29, 0.717) is 6.54 Å². The van der Waals surface area contributed by atoms with Crippen LogP contribution in [0.4, 0.5) is 8.78 Å². The summed E-state index contributed by atoms with van der Waals surface area (Å²) in [7, 11) is -3.29. The second-order valence-electron chi connectivity index (χ2n) is 4.70. The van der Waals surface area contributed by atoms with Crippen molar-refractivity contribution < 1.29 is 17.2 Å². The zero-order chi connectivity index (χ0) is 14.6. The van der Waals surface area contributed by atoms with Gasteiger partial charge < -0.3 is 5.32 Å². The highest BCUT2D eigenvalue weighted by Crippen LogP contribution is 2.23. The molecule has 0 aliphatic heterocycles. The SMILES string of the molecule is CCCNC(CS(C)(=O)=O)c1ccc(C)c(F)c1F. The van der Waals surface area contributed by atoms with Crippen molar-refractivity contribution in [2.24, 2.45) is 0 Å². The lowest BCUT2D eigenvalue weighted by Crippen LogP contribution is -2.29. The summed E-state index contributed by atoms with van der Waals surface area (Å²) in [4.78, 5) is 0. The van der Waals surface area contributed by atoms with Crippen molar-refractivity contribution in [2.45, 2.75) is 26.3 Å². The fourth-order valence-electron chi connectivity index (χ4n) is 1.81. The van der Waals surface area contributed by atoms with E-state index in [1.807, 2.05) is 6.92 Å². The molecule has 0 amide bonds. The van der Waals surface area contributed by atoms with E-state index in [2.05, 4.69) is 5.32 Å². The summed E-state index contributed by atoms with van der Waals surface area (Å²) in [6.45, 7) is 3.92. The molecule has 0 fully saturated rings. The minimum absolute atomic E-state index is 0.0574. The van der Waals surface area contributed by atoms with E-state index in [0.717, 1.165) is 12.7 Å². The second kappa shape index (κ2) is 6.43. The van der Waals surface area contributed by atoms with Crippen LogP contribution in [0.15, 0.2) is 12.1 Å². The van der Waals surface area contributed by atoms with Gasteiger partial charge in [0.15, 0.2) is 11.6 Å². The number of aryl methyl sites for hydroxylation is 1. The summed E-state index contributed by atoms with van der Waals surface area (Å²) in [6, 6.07) is 2.16. The third-order valence-electron chi connectivity index (χ3n) is 2.79. The van der Waals surface area contributed by atoms with Crippen molar-refractivity contribution in [3.63, 3.8) is 0 Å². The van der Waals surface area contributed by atoms with Crippen molar-refractivity contribution in [2.75, 3.05) is 18.6 Å². The summed E-state index contributed by atoms with van der Waals surface area (Å²) in [5.74, 6) is -2.15. The predicted octanol–water partition coefficient (Wildman–Crippen LogP) is 2.36. The molecule has 0 heterocycles. The molecule has 0 saturated heterocycles. The maximum absolute atomic E-state index is 13.9. The summed E-state index contributed by atoms with van der Waals surface area (Å²) < 4.78 is 50.2. The van der Waals surface area contributed by atoms with Gasteiger partial charge in [0.1, 0.15) is 9.84 Å². The zero-order valence-electron chi connectivity index (χ0n) is 11.3. The average Bonchev–Trinajstić information content (AvgIpc) is 2.30. The minimum Gasteiger partial charge on any atom is -0.309 e. The Bertz CT molecular complexity index is 544. The molecule has 108 valence electrons. The van der Waals surface area contributed by atoms with Crippen molar-refractivity contribution in [1.29, 1.82) is 0 Å². The Morgan fingerprint density at radius 1 is 1.26 bits per heavy atom. The second-order valence-corrected chi connectivity index (χ2v) is 6.88. The van der Waals surface area contributed by atoms with Gasteiger partial charge in [0.05, 0.1) is 5.75 Å². The highest BCUT2D eigenvalue weighted by atomic mass is 32.2. The van der Waals surface area contributed by atoms with E-state index in [9.17, 15) is 17.2 Å². The first kappa shape index (κ1) is 16.0. The van der Waals surface area contributed by atoms with E-state index in [-0.39, 0.29) is 16.9 Å². The molecule has 1 aromatic carbocycles. The molecule has 0 aliphatic carbocycles. The smallest absolute Gasteiger partial charge is 0.163 e. The first-order valence-electron chi connectivity index (χ1n) is 6.12. The predicted molar refractivity (Wildman–Crippen MR) is 71.8 cm³/mol. The molecule has 1 aromatic rings. The Kier molecular flexibility index (Phi) is 5.43. The van der Waals surface area contributed by atoms with Gasteiger partial charge in [-0.15, -0.1) is 0 Å². The molecular weight excluding hydrogens is 272 g/mol. The molecule has 3 nitrogen and oxygen atoms in total. The molecule has 0 spiro atoms. The van der Waals surface area contributed by atoms with Crippen LogP contribution in [0.5, 0.6) is 0 Å². The van der Waals surface area contributed by atoms with Crippen molar-refractivity contribution >= 4 is 9.84 Å². The fourth-order valence-corrected chi connectivity index (χ4v) is 2.71. The maximum Gasteiger partial charge on any atom is 0.163 e. The third kappa shape index (κ3) is 4.54. The number of nitrogens with one attached hydrogen (secondary N) is 1. The Morgan fingerprint density at radius 3 is 2.42 bits per heavy atom. The monoisotopic (exact) mass is 291 g/mol. The first-order valence-corrected chi connectivity index (χ1v) is 8.18. The van der Waals surface area contributed by atoms with Gasteiger partial charge in [-0.3, -0.25) is 0 Å². The molecule has 6 heteroatoms. The summed E-state index contributed by atoms with van der Waals surface area (Å²) in [5.41, 5.74) is 0.261. The van der Waals surface area contributed by atoms with Crippen LogP contribution in [-0.2, 0) is 9.84 Å². The number of sulfone groups is 1. The number of halogens is 2. The third-order valence-corrected chi connectivity index (χ3v) is 3.73. The van der Waals surface area contributed by atoms with Crippen molar-refractivity contribution in [1.82, 2.24) is 5.32 Å². The van der Waals surface area contributed by atoms with Crippen molar-refractivity contribution in [3.05, 3.63) is 34.9 Å². The highest BCUT2D eigenvalue weighted by Gasteiger charge is 2.22. The Morgan fingerprint density at radius 2 is 1.89 bits per heavy atom. The summed E-state index contributed by atoms with van der Waals surface area (Å²) in [5, 5.41) is 2.94. The minimum atomic E-state index is -3.29. The quantitative estimate of drug-likeness (QED) is 0.875. The van der Waals surface area contributed by atoms with Gasteiger partial charge in [-0.25, -0.2) is 17.2 Å². The molecule has 0 radical (unpaired) electrons. The molecule has 0 aliphatic rings. The first-order chi connectivity index (χ1) is 8.76. The summed E-state index contributed by atoms with van der Waals surface area (Å²) in [6.07, 6.45) is 1.85. The van der Waals surface area contributed by atoms with Crippen LogP contribution in [0, 0.1) is 18.6 Å². The average molecular weight is 291 g/mol. The Balaban J connectivity index is 3.13. The van der Waals surface area contributed by atoms with Gasteiger partial charge in [0.25, 0.3) is 0 Å². The largest absolute Gasteiger partial charge is 0.309 e. The van der Waals surface area contributed by atoms with Crippen LogP contribution in [0.3, 0.4) is 0 Å². The lowest BCUT2D eigenvalue weighted by molar-refractivity contribution is 0.468. The van der Waals surface area contributed by atoms with Crippen LogP contribution < -0.4 is 5.32 Å². The van der Waals surface area contributed by atoms with Crippen LogP contribution >= 0.6 is 0 Å². The molecular formula is C13H19F2NO2S. The van der Waals surface area contributed by atoms with Crippen LogP contribution in [0.25, 0.3) is 0 Å². The van der Waals surface area contributed by atoms with E-state index < -0.39 is 27.5 Å². The number of hydrogen-bond donors (Lipinski definition) is 1. The van der Waals surface area contributed by atoms with Gasteiger partial charge in [-0.2, -0.15) is 0 Å². The molecule has 1 rings (SSSR count). The molecule has 1 unspecified atom stereocenters. The van der Waals surface area contributed by atoms with Gasteiger partial charge in [0.2, 0.25) is 0 Å². The lowest BCUT2D eigenvalue weighted by Gasteiger charge is -2.19. The molecule has 0 bridgehead atoms. The fraction of sp³-hybridized carbons (Fsp3) is 0.538. The topological polar surface area (TPSA) is 46.2 Å². The zero-order valence-corrected chi connectivity index (χ0v) is 12.2. The Hall–Kier alpha value is -1.01. The normalized spacial score (nSPS) is 13.5. The van der Waals surface area contributed by atoms with E-state index in [1.54, 1.807) is 0 Å². The summed E-state index contributed by atoms with van der Waals surface area (Å²) >= 11 is 0. The van der Waals surface area contributed by atoms with Gasteiger partial charge in [-0.05, 0) is 25.5 Å². The number of rotatable bonds is 6. The number of benzene rings is 1. The van der Waals surface area contributed by atoms with E-state index >= 15 is 0 Å². The van der Waals surface area contributed by atoms with E-state index in [1.165, 1.54) is 19.1 Å². The molecule has 1 atom stereocenters. The highest BCUT2D eigenvalue weighted by molar-refractivity contribution is 7.90. The molecule has 0 saturated carbocycles. The standard InChI is InChI=1S/C13H19F2NO2S/c1-4-7-16-11(8-19(3,17)18)10-6-5-9(2)12(14)13(10)15/h5-6,11,16H,4,7-8H2,1-3H3. The van der Waals surface area contributed by atoms with Crippen molar-refractivity contribution in [3.8, 4) is 0 Å². The van der Waals surface area contributed by atoms with Gasteiger partial charge in [0, 0.05) is 17.9 Å². The molecule has 19 heavy (non-hydrogen) atoms. The molecule has 1 N–H and O–H groups in total. The Labute approximate surface area is 112 Å². The number of hydrogen-bond acceptors (Lipinski definition) is 3. The lowest BCUT2D eigenvalue weighted by atomic mass is 10.0. The van der Waals surface area contributed by atoms with E-state index in [4.69, 9.17) is 0 Å². The van der Waals surface area contributed by atoms with Crippen LogP contribution in [0.2, 0.25) is 0 Å².